The average Bonchev–Trinajstić information content (AvgIpc) is 2.90. The number of ether oxygens (including phenoxy) is 1. The lowest BCUT2D eigenvalue weighted by molar-refractivity contribution is -0.116. The summed E-state index contributed by atoms with van der Waals surface area (Å²) in [4.78, 5) is 11.7. The van der Waals surface area contributed by atoms with E-state index in [4.69, 9.17) is 4.74 Å². The second-order valence-electron chi connectivity index (χ2n) is 5.91. The summed E-state index contributed by atoms with van der Waals surface area (Å²) in [5.41, 5.74) is 7.22. The Morgan fingerprint density at radius 1 is 1.27 bits per heavy atom. The van der Waals surface area contributed by atoms with Crippen LogP contribution in [0.25, 0.3) is 16.8 Å². The smallest absolute Gasteiger partial charge is 0.262 e. The molecule has 0 saturated carbocycles. The predicted molar refractivity (Wildman–Crippen MR) is 88.4 cm³/mol. The van der Waals surface area contributed by atoms with Crippen LogP contribution in [0.3, 0.4) is 0 Å². The Bertz CT molecular complexity index is 735. The van der Waals surface area contributed by atoms with Gasteiger partial charge in [-0.2, -0.15) is 0 Å². The molecule has 0 bridgehead atoms. The Hall–Kier alpha value is -2.33. The minimum absolute atomic E-state index is 0.0612. The lowest BCUT2D eigenvalue weighted by Gasteiger charge is -2.10. The number of nitrogens with one attached hydrogen (secondary N) is 2. The fourth-order valence-corrected chi connectivity index (χ4v) is 2.45. The molecule has 2 N–H and O–H groups in total. The summed E-state index contributed by atoms with van der Waals surface area (Å²) in [5.74, 6) is 1.32. The second kappa shape index (κ2) is 6.20. The Morgan fingerprint density at radius 3 is 2.86 bits per heavy atom. The third kappa shape index (κ3) is 3.12. The van der Waals surface area contributed by atoms with Gasteiger partial charge in [0.1, 0.15) is 5.75 Å². The molecule has 1 amide bonds. The van der Waals surface area contributed by atoms with Gasteiger partial charge >= 0.3 is 0 Å². The van der Waals surface area contributed by atoms with Crippen LogP contribution in [0.1, 0.15) is 19.4 Å². The molecule has 0 spiro atoms. The van der Waals surface area contributed by atoms with Gasteiger partial charge in [0.15, 0.2) is 0 Å². The quantitative estimate of drug-likeness (QED) is 0.853. The molecule has 1 heterocycles. The summed E-state index contributed by atoms with van der Waals surface area (Å²) >= 11 is 0. The van der Waals surface area contributed by atoms with Crippen LogP contribution in [-0.4, -0.2) is 19.1 Å². The number of rotatable bonds is 4. The molecular weight excluding hydrogens is 276 g/mol. The van der Waals surface area contributed by atoms with Gasteiger partial charge in [-0.25, -0.2) is 5.43 Å². The van der Waals surface area contributed by atoms with Crippen molar-refractivity contribution in [2.75, 3.05) is 13.2 Å². The van der Waals surface area contributed by atoms with Crippen molar-refractivity contribution in [3.63, 3.8) is 0 Å². The van der Waals surface area contributed by atoms with Crippen LogP contribution in [0, 0.1) is 5.92 Å². The highest BCUT2D eigenvalue weighted by molar-refractivity contribution is 6.02. The summed E-state index contributed by atoms with van der Waals surface area (Å²) in [7, 11) is 0. The molecule has 1 saturated heterocycles. The maximum Gasteiger partial charge on any atom is 0.262 e. The number of hydrazine groups is 1. The Balaban J connectivity index is 1.94. The van der Waals surface area contributed by atoms with E-state index in [0.717, 1.165) is 27.7 Å². The largest absolute Gasteiger partial charge is 0.493 e. The van der Waals surface area contributed by atoms with Crippen LogP contribution < -0.4 is 15.6 Å². The zero-order valence-corrected chi connectivity index (χ0v) is 12.8. The van der Waals surface area contributed by atoms with Crippen molar-refractivity contribution in [1.82, 2.24) is 10.9 Å². The van der Waals surface area contributed by atoms with Crippen molar-refractivity contribution in [2.45, 2.75) is 13.8 Å². The van der Waals surface area contributed by atoms with Crippen molar-refractivity contribution < 1.29 is 9.53 Å². The molecule has 0 radical (unpaired) electrons. The van der Waals surface area contributed by atoms with Crippen LogP contribution in [0.5, 0.6) is 5.75 Å². The van der Waals surface area contributed by atoms with Crippen LogP contribution in [0.15, 0.2) is 42.0 Å². The average molecular weight is 296 g/mol. The minimum Gasteiger partial charge on any atom is -0.493 e. The van der Waals surface area contributed by atoms with E-state index < -0.39 is 0 Å². The van der Waals surface area contributed by atoms with Gasteiger partial charge in [0.05, 0.1) is 6.61 Å². The number of carbonyl (C=O) groups is 1. The first-order valence-corrected chi connectivity index (χ1v) is 7.53. The molecule has 0 atom stereocenters. The number of hydrogen-bond acceptors (Lipinski definition) is 3. The first-order valence-electron chi connectivity index (χ1n) is 7.53. The molecule has 1 fully saturated rings. The van der Waals surface area contributed by atoms with E-state index in [1.165, 1.54) is 0 Å². The van der Waals surface area contributed by atoms with Crippen LogP contribution in [0.4, 0.5) is 0 Å². The molecule has 4 nitrogen and oxygen atoms in total. The lowest BCUT2D eigenvalue weighted by Crippen LogP contribution is -2.25. The summed E-state index contributed by atoms with van der Waals surface area (Å²) in [6.45, 7) is 5.52. The number of hydrogen-bond donors (Lipinski definition) is 2. The second-order valence-corrected chi connectivity index (χ2v) is 5.91. The van der Waals surface area contributed by atoms with Gasteiger partial charge in [0.25, 0.3) is 5.91 Å². The first kappa shape index (κ1) is 14.6. The van der Waals surface area contributed by atoms with Gasteiger partial charge in [-0.15, -0.1) is 0 Å². The van der Waals surface area contributed by atoms with Gasteiger partial charge in [-0.3, -0.25) is 10.2 Å². The van der Waals surface area contributed by atoms with Gasteiger partial charge in [0, 0.05) is 12.1 Å². The Labute approximate surface area is 130 Å². The third-order valence-electron chi connectivity index (χ3n) is 3.57. The zero-order chi connectivity index (χ0) is 15.5. The highest BCUT2D eigenvalue weighted by atomic mass is 16.5. The molecule has 2 aromatic carbocycles. The Kier molecular flexibility index (Phi) is 4.11. The molecule has 114 valence electrons. The van der Waals surface area contributed by atoms with Gasteiger partial charge in [0.2, 0.25) is 0 Å². The topological polar surface area (TPSA) is 50.4 Å². The summed E-state index contributed by atoms with van der Waals surface area (Å²) in [5, 5.41) is 2.23. The minimum atomic E-state index is -0.0612. The van der Waals surface area contributed by atoms with Gasteiger partial charge in [-0.1, -0.05) is 38.1 Å². The van der Waals surface area contributed by atoms with Crippen molar-refractivity contribution in [1.29, 1.82) is 0 Å². The molecule has 4 heteroatoms. The maximum absolute atomic E-state index is 11.7. The molecule has 0 aromatic heterocycles. The predicted octanol–water partition coefficient (Wildman–Crippen LogP) is 2.89. The van der Waals surface area contributed by atoms with E-state index in [2.05, 4.69) is 36.8 Å². The molecular formula is C18H20N2O2. The SMILES string of the molecule is CC(C)COc1ccc2c(/C=C3\CNNC3=O)cccc2c1. The van der Waals surface area contributed by atoms with Crippen LogP contribution in [-0.2, 0) is 4.79 Å². The van der Waals surface area contributed by atoms with E-state index >= 15 is 0 Å². The third-order valence-corrected chi connectivity index (χ3v) is 3.57. The molecule has 1 aliphatic heterocycles. The maximum atomic E-state index is 11.7. The highest BCUT2D eigenvalue weighted by Gasteiger charge is 2.15. The first-order chi connectivity index (χ1) is 10.6. The van der Waals surface area contributed by atoms with Crippen molar-refractivity contribution in [2.24, 2.45) is 5.92 Å². The lowest BCUT2D eigenvalue weighted by atomic mass is 10.0. The van der Waals surface area contributed by atoms with Gasteiger partial charge in [-0.05, 0) is 40.5 Å². The van der Waals surface area contributed by atoms with Crippen molar-refractivity contribution in [3.8, 4) is 5.75 Å². The molecule has 3 rings (SSSR count). The number of benzene rings is 2. The van der Waals surface area contributed by atoms with E-state index in [0.29, 0.717) is 19.1 Å². The molecule has 22 heavy (non-hydrogen) atoms. The molecule has 0 aliphatic carbocycles. The summed E-state index contributed by atoms with van der Waals surface area (Å²) < 4.78 is 5.78. The van der Waals surface area contributed by atoms with Crippen LogP contribution >= 0.6 is 0 Å². The fraction of sp³-hybridized carbons (Fsp3) is 0.278. The fourth-order valence-electron chi connectivity index (χ4n) is 2.45. The summed E-state index contributed by atoms with van der Waals surface area (Å²) in [6.07, 6.45) is 1.94. The van der Waals surface area contributed by atoms with Crippen LogP contribution in [0.2, 0.25) is 0 Å². The van der Waals surface area contributed by atoms with Crippen molar-refractivity contribution in [3.05, 3.63) is 47.5 Å². The number of amides is 1. The normalized spacial score (nSPS) is 16.5. The van der Waals surface area contributed by atoms with Gasteiger partial charge < -0.3 is 4.74 Å². The molecule has 2 aromatic rings. The number of fused-ring (bicyclic) bond motifs is 1. The monoisotopic (exact) mass is 296 g/mol. The van der Waals surface area contributed by atoms with E-state index in [9.17, 15) is 4.79 Å². The van der Waals surface area contributed by atoms with E-state index in [1.54, 1.807) is 0 Å². The van der Waals surface area contributed by atoms with E-state index in [1.807, 2.05) is 30.3 Å². The zero-order valence-electron chi connectivity index (χ0n) is 12.8. The standard InChI is InChI=1S/C18H20N2O2/c1-12(2)11-22-16-6-7-17-13(4-3-5-14(17)9-16)8-15-10-19-20-18(15)21/h3-9,12,19H,10-11H2,1-2H3,(H,20,21)/b15-8+. The molecule has 0 unspecified atom stereocenters. The van der Waals surface area contributed by atoms with E-state index in [-0.39, 0.29) is 5.91 Å². The van der Waals surface area contributed by atoms with Crippen molar-refractivity contribution >= 4 is 22.8 Å². The Morgan fingerprint density at radius 2 is 2.14 bits per heavy atom. The summed E-state index contributed by atoms with van der Waals surface area (Å²) in [6, 6.07) is 12.2. The molecule has 1 aliphatic rings. The number of carbonyl (C=O) groups excluding carboxylic acids is 1. The highest BCUT2D eigenvalue weighted by Crippen LogP contribution is 2.26.